The van der Waals surface area contributed by atoms with Gasteiger partial charge in [-0.25, -0.2) is 4.79 Å². The molecule has 3 aromatic carbocycles. The van der Waals surface area contributed by atoms with Crippen LogP contribution in [0.25, 0.3) is 32.7 Å². The van der Waals surface area contributed by atoms with Crippen LogP contribution in [0.2, 0.25) is 0 Å². The van der Waals surface area contributed by atoms with Crippen LogP contribution in [0.15, 0.2) is 65.6 Å². The van der Waals surface area contributed by atoms with E-state index in [2.05, 4.69) is 10.3 Å². The number of carbonyl (C=O) groups excluding carboxylic acids is 2. The highest BCUT2D eigenvalue weighted by Crippen LogP contribution is 2.31. The first-order valence-electron chi connectivity index (χ1n) is 9.69. The SMILES string of the molecule is COC(=O)c1cc2cc[nH]c(=O)c2c2cc(-c3cccc(C(=O)NCCO)c3)ccc12. The maximum absolute atomic E-state index is 12.6. The molecule has 0 fully saturated rings. The number of hydrogen-bond acceptors (Lipinski definition) is 5. The van der Waals surface area contributed by atoms with E-state index in [1.54, 1.807) is 36.4 Å². The van der Waals surface area contributed by atoms with Gasteiger partial charge in [0.15, 0.2) is 0 Å². The van der Waals surface area contributed by atoms with Crippen LogP contribution < -0.4 is 10.9 Å². The summed E-state index contributed by atoms with van der Waals surface area (Å²) in [5, 5.41) is 13.9. The Labute approximate surface area is 177 Å². The maximum atomic E-state index is 12.6. The molecule has 0 aliphatic heterocycles. The molecule has 0 aliphatic carbocycles. The molecule has 156 valence electrons. The van der Waals surface area contributed by atoms with Gasteiger partial charge in [0.2, 0.25) is 0 Å². The van der Waals surface area contributed by atoms with E-state index >= 15 is 0 Å². The predicted molar refractivity (Wildman–Crippen MR) is 118 cm³/mol. The first kappa shape index (κ1) is 20.3. The molecule has 7 nitrogen and oxygen atoms in total. The fraction of sp³-hybridized carbons (Fsp3) is 0.125. The fourth-order valence-electron chi connectivity index (χ4n) is 3.68. The largest absolute Gasteiger partial charge is 0.465 e. The molecule has 0 saturated carbocycles. The molecule has 0 spiro atoms. The maximum Gasteiger partial charge on any atom is 0.338 e. The second-order valence-electron chi connectivity index (χ2n) is 7.01. The smallest absolute Gasteiger partial charge is 0.338 e. The van der Waals surface area contributed by atoms with Crippen LogP contribution in [0, 0.1) is 0 Å². The van der Waals surface area contributed by atoms with E-state index in [1.807, 2.05) is 18.2 Å². The van der Waals surface area contributed by atoms with E-state index in [4.69, 9.17) is 9.84 Å². The lowest BCUT2D eigenvalue weighted by atomic mass is 9.94. The fourth-order valence-corrected chi connectivity index (χ4v) is 3.68. The van der Waals surface area contributed by atoms with Crippen LogP contribution in [-0.4, -0.2) is 42.2 Å². The molecule has 0 aliphatic rings. The molecule has 4 aromatic rings. The van der Waals surface area contributed by atoms with Crippen molar-refractivity contribution in [3.63, 3.8) is 0 Å². The van der Waals surface area contributed by atoms with Gasteiger partial charge in [-0.3, -0.25) is 9.59 Å². The van der Waals surface area contributed by atoms with Crippen LogP contribution >= 0.6 is 0 Å². The lowest BCUT2D eigenvalue weighted by Crippen LogP contribution is -2.26. The molecular weight excluding hydrogens is 396 g/mol. The summed E-state index contributed by atoms with van der Waals surface area (Å²) in [6.45, 7) is 0.0321. The number of rotatable bonds is 5. The van der Waals surface area contributed by atoms with Gasteiger partial charge in [0, 0.05) is 18.3 Å². The summed E-state index contributed by atoms with van der Waals surface area (Å²) >= 11 is 0. The minimum Gasteiger partial charge on any atom is -0.465 e. The number of esters is 1. The third-order valence-corrected chi connectivity index (χ3v) is 5.13. The molecule has 4 rings (SSSR count). The molecule has 0 unspecified atom stereocenters. The molecule has 1 aromatic heterocycles. The number of ether oxygens (including phenoxy) is 1. The number of benzene rings is 3. The standard InChI is InChI=1S/C24H20N2O5/c1-31-24(30)20-13-16-7-8-25-23(29)21(16)19-12-15(5-6-18(19)20)14-3-2-4-17(11-14)22(28)26-9-10-27/h2-8,11-13,27H,9-10H2,1H3,(H,25,29)(H,26,28). The van der Waals surface area contributed by atoms with Crippen molar-refractivity contribution < 1.29 is 19.4 Å². The Morgan fingerprint density at radius 1 is 1.03 bits per heavy atom. The number of methoxy groups -OCH3 is 1. The number of hydrogen-bond donors (Lipinski definition) is 3. The summed E-state index contributed by atoms with van der Waals surface area (Å²) < 4.78 is 4.93. The molecule has 31 heavy (non-hydrogen) atoms. The number of aromatic amines is 1. The summed E-state index contributed by atoms with van der Waals surface area (Å²) in [5.74, 6) is -0.769. The molecule has 1 heterocycles. The molecule has 0 atom stereocenters. The number of H-pyrrole nitrogens is 1. The predicted octanol–water partition coefficient (Wildman–Crippen LogP) is 2.86. The highest BCUT2D eigenvalue weighted by molar-refractivity contribution is 6.16. The van der Waals surface area contributed by atoms with Gasteiger partial charge in [0.25, 0.3) is 11.5 Å². The zero-order valence-electron chi connectivity index (χ0n) is 16.8. The minimum atomic E-state index is -0.484. The number of carbonyl (C=O) groups is 2. The Morgan fingerprint density at radius 2 is 1.84 bits per heavy atom. The van der Waals surface area contributed by atoms with Gasteiger partial charge < -0.3 is 20.1 Å². The Morgan fingerprint density at radius 3 is 2.61 bits per heavy atom. The van der Waals surface area contributed by atoms with E-state index in [0.717, 1.165) is 11.1 Å². The summed E-state index contributed by atoms with van der Waals surface area (Å²) in [6, 6.07) is 15.9. The van der Waals surface area contributed by atoms with E-state index in [0.29, 0.717) is 32.7 Å². The van der Waals surface area contributed by atoms with E-state index in [9.17, 15) is 14.4 Å². The number of pyridine rings is 1. The summed E-state index contributed by atoms with van der Waals surface area (Å²) in [4.78, 5) is 39.9. The van der Waals surface area contributed by atoms with Crippen molar-refractivity contribution >= 4 is 33.4 Å². The minimum absolute atomic E-state index is 0.139. The van der Waals surface area contributed by atoms with Crippen molar-refractivity contribution in [3.05, 3.63) is 82.3 Å². The van der Waals surface area contributed by atoms with Gasteiger partial charge in [-0.15, -0.1) is 0 Å². The van der Waals surface area contributed by atoms with Crippen molar-refractivity contribution in [2.45, 2.75) is 0 Å². The monoisotopic (exact) mass is 416 g/mol. The van der Waals surface area contributed by atoms with Gasteiger partial charge in [-0.2, -0.15) is 0 Å². The number of aliphatic hydroxyl groups excluding tert-OH is 1. The topological polar surface area (TPSA) is 108 Å². The zero-order chi connectivity index (χ0) is 22.0. The Bertz CT molecular complexity index is 1370. The van der Waals surface area contributed by atoms with Gasteiger partial charge in [0.05, 0.1) is 24.7 Å². The van der Waals surface area contributed by atoms with Gasteiger partial charge in [0.1, 0.15) is 0 Å². The van der Waals surface area contributed by atoms with Gasteiger partial charge >= 0.3 is 5.97 Å². The van der Waals surface area contributed by atoms with Crippen LogP contribution in [0.1, 0.15) is 20.7 Å². The molecule has 0 radical (unpaired) electrons. The molecular formula is C24H20N2O5. The van der Waals surface area contributed by atoms with E-state index in [-0.39, 0.29) is 24.6 Å². The van der Waals surface area contributed by atoms with Gasteiger partial charge in [-0.05, 0) is 57.6 Å². The average Bonchev–Trinajstić information content (AvgIpc) is 2.81. The van der Waals surface area contributed by atoms with Crippen LogP contribution in [-0.2, 0) is 4.74 Å². The molecule has 0 saturated heterocycles. The lowest BCUT2D eigenvalue weighted by molar-refractivity contribution is 0.0603. The van der Waals surface area contributed by atoms with E-state index < -0.39 is 5.97 Å². The number of nitrogens with one attached hydrogen (secondary N) is 2. The normalized spacial score (nSPS) is 10.9. The van der Waals surface area contributed by atoms with Crippen molar-refractivity contribution in [3.8, 4) is 11.1 Å². The number of aromatic nitrogens is 1. The van der Waals surface area contributed by atoms with Gasteiger partial charge in [-0.1, -0.05) is 24.3 Å². The van der Waals surface area contributed by atoms with Crippen molar-refractivity contribution in [1.29, 1.82) is 0 Å². The number of fused-ring (bicyclic) bond motifs is 3. The molecule has 1 amide bonds. The second kappa shape index (κ2) is 8.41. The van der Waals surface area contributed by atoms with Crippen molar-refractivity contribution in [2.75, 3.05) is 20.3 Å². The Balaban J connectivity index is 1.92. The summed E-state index contributed by atoms with van der Waals surface area (Å²) in [6.07, 6.45) is 1.54. The number of amides is 1. The quantitative estimate of drug-likeness (QED) is 0.342. The van der Waals surface area contributed by atoms with Crippen LogP contribution in [0.3, 0.4) is 0 Å². The highest BCUT2D eigenvalue weighted by atomic mass is 16.5. The molecule has 7 heteroatoms. The average molecular weight is 416 g/mol. The summed E-state index contributed by atoms with van der Waals surface area (Å²) in [5.41, 5.74) is 2.14. The van der Waals surface area contributed by atoms with E-state index in [1.165, 1.54) is 13.3 Å². The lowest BCUT2D eigenvalue weighted by Gasteiger charge is -2.11. The molecule has 3 N–H and O–H groups in total. The third-order valence-electron chi connectivity index (χ3n) is 5.13. The second-order valence-corrected chi connectivity index (χ2v) is 7.01. The first-order chi connectivity index (χ1) is 15.0. The van der Waals surface area contributed by atoms with Crippen LogP contribution in [0.4, 0.5) is 0 Å². The third kappa shape index (κ3) is 3.78. The van der Waals surface area contributed by atoms with Crippen molar-refractivity contribution in [2.24, 2.45) is 0 Å². The Hall–Kier alpha value is -3.97. The van der Waals surface area contributed by atoms with Crippen LogP contribution in [0.5, 0.6) is 0 Å². The summed E-state index contributed by atoms with van der Waals surface area (Å²) in [7, 11) is 1.32. The molecule has 0 bridgehead atoms. The number of aliphatic hydroxyl groups is 1. The zero-order valence-corrected chi connectivity index (χ0v) is 16.8. The highest BCUT2D eigenvalue weighted by Gasteiger charge is 2.16. The Kier molecular flexibility index (Phi) is 5.51. The van der Waals surface area contributed by atoms with Crippen molar-refractivity contribution in [1.82, 2.24) is 10.3 Å². The first-order valence-corrected chi connectivity index (χ1v) is 9.69.